The Hall–Kier alpha value is -3.34. The van der Waals surface area contributed by atoms with E-state index in [4.69, 9.17) is 19.2 Å². The number of carbonyl (C=O) groups excluding carboxylic acids is 2. The van der Waals surface area contributed by atoms with Crippen LogP contribution in [0.25, 0.3) is 11.0 Å². The Kier molecular flexibility index (Phi) is 5.94. The first-order chi connectivity index (χ1) is 13.5. The first kappa shape index (κ1) is 19.4. The molecule has 3 rings (SSSR count). The zero-order valence-corrected chi connectivity index (χ0v) is 15.5. The summed E-state index contributed by atoms with van der Waals surface area (Å²) in [5, 5.41) is 9.39. The molecule has 146 valence electrons. The first-order valence-electron chi connectivity index (χ1n) is 8.97. The Morgan fingerprint density at radius 3 is 2.82 bits per heavy atom. The van der Waals surface area contributed by atoms with Crippen LogP contribution in [0.15, 0.2) is 27.4 Å². The molecule has 1 aromatic carbocycles. The topological polar surface area (TPSA) is 110 Å². The average molecular weight is 384 g/mol. The third kappa shape index (κ3) is 4.31. The lowest BCUT2D eigenvalue weighted by Crippen LogP contribution is -2.32. The standard InChI is InChI=1S/C20H20N2O6/c1-22(9-3-8-21)18(23)11-27-19(24)12-26-13-6-7-15-14-4-2-5-16(14)20(25)28-17(15)10-13/h6-7,10H,2-5,9,11-12H2,1H3. The third-order valence-electron chi connectivity index (χ3n) is 4.64. The van der Waals surface area contributed by atoms with Gasteiger partial charge in [-0.1, -0.05) is 0 Å². The molecule has 1 amide bonds. The van der Waals surface area contributed by atoms with E-state index in [0.717, 1.165) is 35.8 Å². The second-order valence-electron chi connectivity index (χ2n) is 6.53. The van der Waals surface area contributed by atoms with Crippen molar-refractivity contribution in [2.75, 3.05) is 26.8 Å². The highest BCUT2D eigenvalue weighted by Crippen LogP contribution is 2.29. The van der Waals surface area contributed by atoms with Gasteiger partial charge in [0.1, 0.15) is 11.3 Å². The molecule has 2 aromatic rings. The number of ether oxygens (including phenoxy) is 2. The van der Waals surface area contributed by atoms with Crippen molar-refractivity contribution in [2.24, 2.45) is 0 Å². The van der Waals surface area contributed by atoms with E-state index in [1.54, 1.807) is 12.1 Å². The minimum absolute atomic E-state index is 0.209. The van der Waals surface area contributed by atoms with Crippen molar-refractivity contribution in [1.82, 2.24) is 4.90 Å². The van der Waals surface area contributed by atoms with Crippen LogP contribution >= 0.6 is 0 Å². The average Bonchev–Trinajstić information content (AvgIpc) is 3.19. The minimum Gasteiger partial charge on any atom is -0.482 e. The molecule has 1 aromatic heterocycles. The molecule has 0 unspecified atom stereocenters. The zero-order valence-electron chi connectivity index (χ0n) is 15.5. The number of fused-ring (bicyclic) bond motifs is 3. The number of benzene rings is 1. The van der Waals surface area contributed by atoms with Crippen LogP contribution in [0.3, 0.4) is 0 Å². The van der Waals surface area contributed by atoms with Gasteiger partial charge >= 0.3 is 11.6 Å². The minimum atomic E-state index is -0.697. The van der Waals surface area contributed by atoms with Gasteiger partial charge < -0.3 is 18.8 Å². The highest BCUT2D eigenvalue weighted by Gasteiger charge is 2.20. The van der Waals surface area contributed by atoms with Gasteiger partial charge in [-0.05, 0) is 37.0 Å². The summed E-state index contributed by atoms with van der Waals surface area (Å²) in [5.41, 5.74) is 1.87. The van der Waals surface area contributed by atoms with Crippen molar-refractivity contribution < 1.29 is 23.5 Å². The van der Waals surface area contributed by atoms with Crippen molar-refractivity contribution in [3.8, 4) is 11.8 Å². The molecule has 0 N–H and O–H groups in total. The van der Waals surface area contributed by atoms with E-state index >= 15 is 0 Å². The molecule has 0 atom stereocenters. The molecular formula is C20H20N2O6. The van der Waals surface area contributed by atoms with Crippen LogP contribution in [0.5, 0.6) is 5.75 Å². The molecule has 8 heteroatoms. The van der Waals surface area contributed by atoms with Gasteiger partial charge in [-0.2, -0.15) is 5.26 Å². The fraction of sp³-hybridized carbons (Fsp3) is 0.400. The Morgan fingerprint density at radius 1 is 1.25 bits per heavy atom. The number of carbonyl (C=O) groups is 2. The fourth-order valence-corrected chi connectivity index (χ4v) is 3.13. The largest absolute Gasteiger partial charge is 0.482 e. The summed E-state index contributed by atoms with van der Waals surface area (Å²) >= 11 is 0. The van der Waals surface area contributed by atoms with E-state index in [1.165, 1.54) is 11.9 Å². The predicted octanol–water partition coefficient (Wildman–Crippen LogP) is 1.58. The quantitative estimate of drug-likeness (QED) is 0.526. The molecule has 0 saturated heterocycles. The van der Waals surface area contributed by atoms with Crippen LogP contribution in [-0.4, -0.2) is 43.6 Å². The normalized spacial score (nSPS) is 12.3. The number of nitriles is 1. The lowest BCUT2D eigenvalue weighted by molar-refractivity contribution is -0.153. The van der Waals surface area contributed by atoms with Crippen molar-refractivity contribution >= 4 is 22.8 Å². The maximum Gasteiger partial charge on any atom is 0.344 e. The third-order valence-corrected chi connectivity index (χ3v) is 4.64. The Bertz CT molecular complexity index is 1000. The second kappa shape index (κ2) is 8.57. The van der Waals surface area contributed by atoms with Gasteiger partial charge in [0.15, 0.2) is 13.2 Å². The zero-order chi connectivity index (χ0) is 20.1. The van der Waals surface area contributed by atoms with Gasteiger partial charge in [0.2, 0.25) is 0 Å². The maximum absolute atomic E-state index is 12.0. The van der Waals surface area contributed by atoms with Gasteiger partial charge in [-0.25, -0.2) is 9.59 Å². The molecule has 1 aliphatic rings. The summed E-state index contributed by atoms with van der Waals surface area (Å²) in [5.74, 6) is -0.731. The van der Waals surface area contributed by atoms with Crippen molar-refractivity contribution in [3.63, 3.8) is 0 Å². The molecule has 0 aliphatic heterocycles. The lowest BCUT2D eigenvalue weighted by atomic mass is 10.1. The number of amides is 1. The highest BCUT2D eigenvalue weighted by molar-refractivity contribution is 5.83. The molecule has 28 heavy (non-hydrogen) atoms. The van der Waals surface area contributed by atoms with Crippen molar-refractivity contribution in [3.05, 3.63) is 39.7 Å². The SMILES string of the molecule is CN(CCC#N)C(=O)COC(=O)COc1ccc2c3c(c(=O)oc2c1)CCC3. The lowest BCUT2D eigenvalue weighted by Gasteiger charge is -2.15. The molecule has 1 heterocycles. The summed E-state index contributed by atoms with van der Waals surface area (Å²) < 4.78 is 15.6. The van der Waals surface area contributed by atoms with Crippen molar-refractivity contribution in [2.45, 2.75) is 25.7 Å². The van der Waals surface area contributed by atoms with Gasteiger partial charge in [0.25, 0.3) is 5.91 Å². The summed E-state index contributed by atoms with van der Waals surface area (Å²) in [6, 6.07) is 7.03. The smallest absolute Gasteiger partial charge is 0.344 e. The van der Waals surface area contributed by atoms with Crippen LogP contribution in [0, 0.1) is 11.3 Å². The number of aryl methyl sites for hydroxylation is 1. The van der Waals surface area contributed by atoms with E-state index in [-0.39, 0.29) is 25.2 Å². The van der Waals surface area contributed by atoms with Gasteiger partial charge in [0.05, 0.1) is 12.5 Å². The summed E-state index contributed by atoms with van der Waals surface area (Å²) in [7, 11) is 1.53. The molecule has 1 aliphatic carbocycles. The van der Waals surface area contributed by atoms with Crippen LogP contribution in [0.1, 0.15) is 24.0 Å². The number of hydrogen-bond acceptors (Lipinski definition) is 7. The van der Waals surface area contributed by atoms with Crippen LogP contribution in [0.2, 0.25) is 0 Å². The summed E-state index contributed by atoms with van der Waals surface area (Å²) in [6.45, 7) is -0.520. The summed E-state index contributed by atoms with van der Waals surface area (Å²) in [6.07, 6.45) is 2.73. The number of nitrogens with zero attached hydrogens (tertiary/aromatic N) is 2. The number of likely N-dealkylation sites (N-methyl/N-ethyl adjacent to an activating group) is 1. The first-order valence-corrected chi connectivity index (χ1v) is 8.97. The molecular weight excluding hydrogens is 364 g/mol. The monoisotopic (exact) mass is 384 g/mol. The van der Waals surface area contributed by atoms with E-state index in [0.29, 0.717) is 11.3 Å². The number of hydrogen-bond donors (Lipinski definition) is 0. The van der Waals surface area contributed by atoms with E-state index in [1.807, 2.05) is 12.1 Å². The molecule has 8 nitrogen and oxygen atoms in total. The van der Waals surface area contributed by atoms with Gasteiger partial charge in [0, 0.05) is 30.6 Å². The van der Waals surface area contributed by atoms with Gasteiger partial charge in [-0.15, -0.1) is 0 Å². The number of rotatable bonds is 7. The Morgan fingerprint density at radius 2 is 2.04 bits per heavy atom. The van der Waals surface area contributed by atoms with Crippen LogP contribution < -0.4 is 10.4 Å². The molecule has 0 fully saturated rings. The molecule has 0 spiro atoms. The van der Waals surface area contributed by atoms with E-state index in [2.05, 4.69) is 0 Å². The molecule has 0 radical (unpaired) electrons. The number of esters is 1. The summed E-state index contributed by atoms with van der Waals surface area (Å²) in [4.78, 5) is 36.9. The predicted molar refractivity (Wildman–Crippen MR) is 98.8 cm³/mol. The second-order valence-corrected chi connectivity index (χ2v) is 6.53. The Balaban J connectivity index is 1.56. The van der Waals surface area contributed by atoms with Crippen molar-refractivity contribution in [1.29, 1.82) is 5.26 Å². The fourth-order valence-electron chi connectivity index (χ4n) is 3.13. The Labute approximate surface area is 161 Å². The van der Waals surface area contributed by atoms with E-state index in [9.17, 15) is 14.4 Å². The van der Waals surface area contributed by atoms with Crippen LogP contribution in [-0.2, 0) is 27.2 Å². The maximum atomic E-state index is 12.0. The molecule has 0 bridgehead atoms. The van der Waals surface area contributed by atoms with E-state index < -0.39 is 18.5 Å². The van der Waals surface area contributed by atoms with Gasteiger partial charge in [-0.3, -0.25) is 4.79 Å². The highest BCUT2D eigenvalue weighted by atomic mass is 16.6. The molecule has 0 saturated carbocycles. The van der Waals surface area contributed by atoms with Crippen LogP contribution in [0.4, 0.5) is 0 Å².